The van der Waals surface area contributed by atoms with Gasteiger partial charge in [0, 0.05) is 37.3 Å². The Hall–Kier alpha value is -1.58. The van der Waals surface area contributed by atoms with Crippen molar-refractivity contribution in [3.63, 3.8) is 0 Å². The summed E-state index contributed by atoms with van der Waals surface area (Å²) < 4.78 is 1.96. The van der Waals surface area contributed by atoms with Gasteiger partial charge < -0.3 is 9.67 Å². The summed E-state index contributed by atoms with van der Waals surface area (Å²) >= 11 is 0. The lowest BCUT2D eigenvalue weighted by atomic mass is 9.84. The van der Waals surface area contributed by atoms with Crippen LogP contribution >= 0.6 is 0 Å². The van der Waals surface area contributed by atoms with Crippen LogP contribution in [0.4, 0.5) is 0 Å². The van der Waals surface area contributed by atoms with Gasteiger partial charge in [-0.2, -0.15) is 0 Å². The second kappa shape index (κ2) is 4.12. The van der Waals surface area contributed by atoms with Crippen molar-refractivity contribution in [2.75, 3.05) is 0 Å². The molecule has 0 saturated heterocycles. The Balaban J connectivity index is 2.11. The van der Waals surface area contributed by atoms with Crippen molar-refractivity contribution in [1.29, 1.82) is 0 Å². The Morgan fingerprint density at radius 3 is 3.00 bits per heavy atom. The van der Waals surface area contributed by atoms with E-state index in [-0.39, 0.29) is 18.1 Å². The van der Waals surface area contributed by atoms with Gasteiger partial charge in [-0.25, -0.2) is 0 Å². The summed E-state index contributed by atoms with van der Waals surface area (Å²) in [5, 5.41) is 8.63. The van der Waals surface area contributed by atoms with Crippen LogP contribution in [-0.4, -0.2) is 21.4 Å². The maximum absolute atomic E-state index is 11.8. The van der Waals surface area contributed by atoms with E-state index in [1.165, 1.54) is 0 Å². The highest BCUT2D eigenvalue weighted by molar-refractivity contribution is 5.98. The third-order valence-electron chi connectivity index (χ3n) is 3.22. The van der Waals surface area contributed by atoms with Crippen LogP contribution in [-0.2, 0) is 18.3 Å². The minimum Gasteiger partial charge on any atom is -0.481 e. The first-order valence-electron chi connectivity index (χ1n) is 5.47. The normalized spacial score (nSPS) is 19.6. The fraction of sp³-hybridized carbons (Fsp3) is 0.500. The van der Waals surface area contributed by atoms with E-state index in [2.05, 4.69) is 0 Å². The molecule has 4 heteroatoms. The van der Waals surface area contributed by atoms with Gasteiger partial charge in [-0.05, 0) is 24.8 Å². The maximum atomic E-state index is 11.8. The van der Waals surface area contributed by atoms with Gasteiger partial charge in [-0.3, -0.25) is 9.59 Å². The molecule has 0 fully saturated rings. The van der Waals surface area contributed by atoms with Crippen molar-refractivity contribution in [2.45, 2.75) is 25.7 Å². The van der Waals surface area contributed by atoms with Crippen LogP contribution in [0.2, 0.25) is 0 Å². The van der Waals surface area contributed by atoms with Gasteiger partial charge >= 0.3 is 5.97 Å². The first-order chi connectivity index (χ1) is 7.58. The van der Waals surface area contributed by atoms with Crippen LogP contribution in [0.25, 0.3) is 0 Å². The number of fused-ring (bicyclic) bond motifs is 1. The van der Waals surface area contributed by atoms with Crippen LogP contribution in [0.15, 0.2) is 12.3 Å². The number of carbonyl (C=O) groups excluding carboxylic acids is 1. The molecule has 2 rings (SSSR count). The summed E-state index contributed by atoms with van der Waals surface area (Å²) in [6.45, 7) is 0. The monoisotopic (exact) mass is 221 g/mol. The Bertz CT molecular complexity index is 433. The molecule has 0 aliphatic heterocycles. The van der Waals surface area contributed by atoms with E-state index < -0.39 is 5.97 Å². The quantitative estimate of drug-likeness (QED) is 0.844. The number of aromatic nitrogens is 1. The summed E-state index contributed by atoms with van der Waals surface area (Å²) in [7, 11) is 1.92. The number of hydrogen-bond acceptors (Lipinski definition) is 2. The van der Waals surface area contributed by atoms with Gasteiger partial charge in [0.2, 0.25) is 0 Å². The average Bonchev–Trinajstić information content (AvgIpc) is 2.58. The zero-order valence-corrected chi connectivity index (χ0v) is 9.27. The number of nitrogens with zero attached hydrogens (tertiary/aromatic N) is 1. The average molecular weight is 221 g/mol. The van der Waals surface area contributed by atoms with Crippen LogP contribution in [0.5, 0.6) is 0 Å². The van der Waals surface area contributed by atoms with Crippen molar-refractivity contribution in [2.24, 2.45) is 13.0 Å². The molecule has 1 heterocycles. The smallest absolute Gasteiger partial charge is 0.303 e. The molecule has 4 nitrogen and oxygen atoms in total. The number of hydrogen-bond donors (Lipinski definition) is 1. The van der Waals surface area contributed by atoms with E-state index in [9.17, 15) is 9.59 Å². The first-order valence-corrected chi connectivity index (χ1v) is 5.47. The van der Waals surface area contributed by atoms with Crippen LogP contribution in [0, 0.1) is 5.92 Å². The van der Waals surface area contributed by atoms with Crippen molar-refractivity contribution in [1.82, 2.24) is 4.57 Å². The molecule has 1 atom stereocenters. The molecular weight excluding hydrogens is 206 g/mol. The first kappa shape index (κ1) is 10.9. The van der Waals surface area contributed by atoms with Crippen molar-refractivity contribution in [3.05, 3.63) is 23.5 Å². The summed E-state index contributed by atoms with van der Waals surface area (Å²) in [5.41, 5.74) is 1.86. The standard InChI is InChI=1S/C12H15NO3/c1-13-5-4-9-10(13)6-8(7-11(9)14)2-3-12(15)16/h4-5,8H,2-3,6-7H2,1H3,(H,15,16). The van der Waals surface area contributed by atoms with Gasteiger partial charge in [-0.15, -0.1) is 0 Å². The minimum absolute atomic E-state index is 0.150. The molecule has 0 aromatic carbocycles. The molecule has 1 aromatic heterocycles. The van der Waals surface area contributed by atoms with Gasteiger partial charge in [0.1, 0.15) is 0 Å². The fourth-order valence-electron chi connectivity index (χ4n) is 2.32. The molecule has 0 radical (unpaired) electrons. The molecule has 1 N–H and O–H groups in total. The lowest BCUT2D eigenvalue weighted by molar-refractivity contribution is -0.137. The predicted octanol–water partition coefficient (Wildman–Crippen LogP) is 1.64. The van der Waals surface area contributed by atoms with Crippen molar-refractivity contribution in [3.8, 4) is 0 Å². The van der Waals surface area contributed by atoms with E-state index in [4.69, 9.17) is 5.11 Å². The Morgan fingerprint density at radius 2 is 2.31 bits per heavy atom. The molecule has 0 spiro atoms. The zero-order chi connectivity index (χ0) is 11.7. The SMILES string of the molecule is Cn1ccc2c1CC(CCC(=O)O)CC2=O. The number of carboxylic acid groups (broad SMARTS) is 1. The number of aliphatic carboxylic acids is 1. The topological polar surface area (TPSA) is 59.3 Å². The highest BCUT2D eigenvalue weighted by Gasteiger charge is 2.27. The number of carbonyl (C=O) groups is 2. The molecule has 0 bridgehead atoms. The third-order valence-corrected chi connectivity index (χ3v) is 3.22. The minimum atomic E-state index is -0.787. The van der Waals surface area contributed by atoms with E-state index in [1.807, 2.05) is 23.9 Å². The third kappa shape index (κ3) is 2.01. The second-order valence-corrected chi connectivity index (χ2v) is 4.42. The van der Waals surface area contributed by atoms with E-state index in [0.29, 0.717) is 12.8 Å². The van der Waals surface area contributed by atoms with Crippen LogP contribution in [0.1, 0.15) is 35.3 Å². The number of aryl methyl sites for hydroxylation is 1. The second-order valence-electron chi connectivity index (χ2n) is 4.42. The molecule has 0 saturated carbocycles. The molecule has 1 aromatic rings. The van der Waals surface area contributed by atoms with Crippen molar-refractivity contribution >= 4 is 11.8 Å². The largest absolute Gasteiger partial charge is 0.481 e. The molecule has 16 heavy (non-hydrogen) atoms. The summed E-state index contributed by atoms with van der Waals surface area (Å²) in [6, 6.07) is 1.85. The van der Waals surface area contributed by atoms with Crippen LogP contribution < -0.4 is 0 Å². The molecular formula is C12H15NO3. The Kier molecular flexibility index (Phi) is 2.81. The molecule has 1 aliphatic carbocycles. The number of carboxylic acids is 1. The van der Waals surface area contributed by atoms with E-state index in [0.717, 1.165) is 17.7 Å². The molecule has 86 valence electrons. The lowest BCUT2D eigenvalue weighted by Gasteiger charge is -2.21. The predicted molar refractivity (Wildman–Crippen MR) is 58.4 cm³/mol. The summed E-state index contributed by atoms with van der Waals surface area (Å²) in [4.78, 5) is 22.3. The maximum Gasteiger partial charge on any atom is 0.303 e. The Labute approximate surface area is 93.9 Å². The number of rotatable bonds is 3. The van der Waals surface area contributed by atoms with E-state index >= 15 is 0 Å². The zero-order valence-electron chi connectivity index (χ0n) is 9.27. The van der Waals surface area contributed by atoms with Crippen LogP contribution in [0.3, 0.4) is 0 Å². The lowest BCUT2D eigenvalue weighted by Crippen LogP contribution is -2.21. The number of ketones is 1. The summed E-state index contributed by atoms with van der Waals surface area (Å²) in [5.74, 6) is -0.452. The molecule has 1 aliphatic rings. The summed E-state index contributed by atoms with van der Waals surface area (Å²) in [6.07, 6.45) is 3.94. The highest BCUT2D eigenvalue weighted by atomic mass is 16.4. The van der Waals surface area contributed by atoms with Gasteiger partial charge in [0.05, 0.1) is 0 Å². The van der Waals surface area contributed by atoms with Crippen molar-refractivity contribution < 1.29 is 14.7 Å². The fourth-order valence-corrected chi connectivity index (χ4v) is 2.32. The highest BCUT2D eigenvalue weighted by Crippen LogP contribution is 2.28. The molecule has 0 amide bonds. The number of Topliss-reactive ketones (excluding diaryl/α,β-unsaturated/α-hetero) is 1. The van der Waals surface area contributed by atoms with Gasteiger partial charge in [0.15, 0.2) is 5.78 Å². The van der Waals surface area contributed by atoms with Gasteiger partial charge in [0.25, 0.3) is 0 Å². The van der Waals surface area contributed by atoms with E-state index in [1.54, 1.807) is 0 Å². The van der Waals surface area contributed by atoms with Gasteiger partial charge in [-0.1, -0.05) is 0 Å². The Morgan fingerprint density at radius 1 is 1.56 bits per heavy atom. The molecule has 1 unspecified atom stereocenters.